The fourth-order valence-corrected chi connectivity index (χ4v) is 2.82. The van der Waals surface area contributed by atoms with Gasteiger partial charge in [0.25, 0.3) is 0 Å². The van der Waals surface area contributed by atoms with Crippen LogP contribution in [0.1, 0.15) is 6.92 Å². The average molecular weight is 323 g/mol. The normalized spacial score (nSPS) is 13.1. The van der Waals surface area contributed by atoms with Crippen molar-refractivity contribution in [2.75, 3.05) is 0 Å². The Bertz CT molecular complexity index is 536. The number of nitrogens with one attached hydrogen (secondary N) is 1. The van der Waals surface area contributed by atoms with Gasteiger partial charge in [0.15, 0.2) is 0 Å². The number of terminal acetylenes is 1. The number of halogens is 2. The summed E-state index contributed by atoms with van der Waals surface area (Å²) in [6, 6.07) is 3.78. The number of sulfonamides is 1. The summed E-state index contributed by atoms with van der Waals surface area (Å²) >= 11 is 8.93. The molecule has 0 bridgehead atoms. The van der Waals surface area contributed by atoms with Gasteiger partial charge in [-0.05, 0) is 41.1 Å². The number of benzene rings is 1. The highest BCUT2D eigenvalue weighted by atomic mass is 79.9. The van der Waals surface area contributed by atoms with Gasteiger partial charge in [-0.25, -0.2) is 8.42 Å². The van der Waals surface area contributed by atoms with Crippen LogP contribution >= 0.6 is 27.5 Å². The predicted octanol–water partition coefficient (Wildman–Crippen LogP) is 2.40. The van der Waals surface area contributed by atoms with Gasteiger partial charge in [-0.2, -0.15) is 4.72 Å². The van der Waals surface area contributed by atoms with E-state index in [2.05, 4.69) is 26.6 Å². The lowest BCUT2D eigenvalue weighted by Gasteiger charge is -2.09. The number of rotatable bonds is 3. The molecule has 0 amide bonds. The van der Waals surface area contributed by atoms with Gasteiger partial charge in [0.1, 0.15) is 0 Å². The highest BCUT2D eigenvalue weighted by Gasteiger charge is 2.16. The van der Waals surface area contributed by atoms with E-state index in [1.807, 2.05) is 0 Å². The molecule has 0 heterocycles. The second-order valence-corrected chi connectivity index (χ2v) is 6.06. The van der Waals surface area contributed by atoms with Gasteiger partial charge in [0, 0.05) is 4.47 Å². The lowest BCUT2D eigenvalue weighted by Crippen LogP contribution is -2.31. The summed E-state index contributed by atoms with van der Waals surface area (Å²) in [5.41, 5.74) is 0. The van der Waals surface area contributed by atoms with E-state index in [9.17, 15) is 8.42 Å². The first kappa shape index (κ1) is 13.5. The van der Waals surface area contributed by atoms with Crippen LogP contribution in [0.2, 0.25) is 5.02 Å². The van der Waals surface area contributed by atoms with Crippen LogP contribution < -0.4 is 4.72 Å². The minimum absolute atomic E-state index is 0.117. The maximum Gasteiger partial charge on any atom is 0.241 e. The monoisotopic (exact) mass is 321 g/mol. The third kappa shape index (κ3) is 3.22. The molecule has 0 aromatic heterocycles. The first-order valence-electron chi connectivity index (χ1n) is 4.30. The quantitative estimate of drug-likeness (QED) is 0.869. The SMILES string of the molecule is C#CC(C)NS(=O)(=O)c1ccc(Cl)c(Br)c1. The Hall–Kier alpha value is -0.540. The molecular weight excluding hydrogens is 314 g/mol. The summed E-state index contributed by atoms with van der Waals surface area (Å²) in [7, 11) is -3.59. The number of hydrogen-bond donors (Lipinski definition) is 1. The molecule has 16 heavy (non-hydrogen) atoms. The Morgan fingerprint density at radius 2 is 2.19 bits per heavy atom. The molecule has 0 spiro atoms. The van der Waals surface area contributed by atoms with Gasteiger partial charge in [-0.1, -0.05) is 17.5 Å². The highest BCUT2D eigenvalue weighted by Crippen LogP contribution is 2.25. The molecule has 86 valence electrons. The predicted molar refractivity (Wildman–Crippen MR) is 67.8 cm³/mol. The zero-order chi connectivity index (χ0) is 12.3. The Labute approximate surface area is 108 Å². The van der Waals surface area contributed by atoms with Gasteiger partial charge < -0.3 is 0 Å². The Kier molecular flexibility index (Phi) is 4.39. The Morgan fingerprint density at radius 3 is 2.69 bits per heavy atom. The van der Waals surface area contributed by atoms with Crippen LogP contribution in [0.15, 0.2) is 27.6 Å². The third-order valence-electron chi connectivity index (χ3n) is 1.78. The fraction of sp³-hybridized carbons (Fsp3) is 0.200. The summed E-state index contributed by atoms with van der Waals surface area (Å²) in [4.78, 5) is 0.117. The topological polar surface area (TPSA) is 46.2 Å². The molecule has 6 heteroatoms. The van der Waals surface area contributed by atoms with Crippen molar-refractivity contribution < 1.29 is 8.42 Å². The standard InChI is InChI=1S/C10H9BrClNO2S/c1-3-7(2)13-16(14,15)8-4-5-10(12)9(11)6-8/h1,4-7,13H,2H3. The summed E-state index contributed by atoms with van der Waals surface area (Å²) in [6.07, 6.45) is 5.10. The molecule has 1 atom stereocenters. The molecule has 0 radical (unpaired) electrons. The molecule has 0 saturated heterocycles. The van der Waals surface area contributed by atoms with Crippen molar-refractivity contribution in [2.45, 2.75) is 17.9 Å². The second kappa shape index (κ2) is 5.19. The van der Waals surface area contributed by atoms with Gasteiger partial charge in [0.2, 0.25) is 10.0 Å². The van der Waals surface area contributed by atoms with E-state index >= 15 is 0 Å². The van der Waals surface area contributed by atoms with Gasteiger partial charge in [0.05, 0.1) is 16.0 Å². The van der Waals surface area contributed by atoms with E-state index in [4.69, 9.17) is 18.0 Å². The summed E-state index contributed by atoms with van der Waals surface area (Å²) in [6.45, 7) is 1.59. The molecule has 0 aliphatic carbocycles. The lowest BCUT2D eigenvalue weighted by molar-refractivity contribution is 0.577. The van der Waals surface area contributed by atoms with E-state index in [0.717, 1.165) is 0 Å². The van der Waals surface area contributed by atoms with Crippen molar-refractivity contribution in [2.24, 2.45) is 0 Å². The average Bonchev–Trinajstić information content (AvgIpc) is 2.21. The molecule has 1 unspecified atom stereocenters. The van der Waals surface area contributed by atoms with Crippen molar-refractivity contribution >= 4 is 37.6 Å². The van der Waals surface area contributed by atoms with Gasteiger partial charge >= 0.3 is 0 Å². The van der Waals surface area contributed by atoms with E-state index in [-0.39, 0.29) is 4.90 Å². The lowest BCUT2D eigenvalue weighted by atomic mass is 10.4. The number of hydrogen-bond acceptors (Lipinski definition) is 2. The zero-order valence-electron chi connectivity index (χ0n) is 8.37. The zero-order valence-corrected chi connectivity index (χ0v) is 11.5. The van der Waals surface area contributed by atoms with Crippen LogP contribution in [0, 0.1) is 12.3 Å². The van der Waals surface area contributed by atoms with E-state index < -0.39 is 16.1 Å². The van der Waals surface area contributed by atoms with E-state index in [1.54, 1.807) is 6.92 Å². The smallest absolute Gasteiger partial charge is 0.207 e. The molecule has 0 saturated carbocycles. The maximum atomic E-state index is 11.8. The summed E-state index contributed by atoms with van der Waals surface area (Å²) in [5.74, 6) is 2.29. The largest absolute Gasteiger partial charge is 0.241 e. The van der Waals surface area contributed by atoms with Crippen molar-refractivity contribution in [1.29, 1.82) is 0 Å². The Balaban J connectivity index is 3.09. The van der Waals surface area contributed by atoms with Gasteiger partial charge in [-0.15, -0.1) is 6.42 Å². The fourth-order valence-electron chi connectivity index (χ4n) is 0.979. The van der Waals surface area contributed by atoms with Crippen LogP contribution in [0.3, 0.4) is 0 Å². The second-order valence-electron chi connectivity index (χ2n) is 3.09. The van der Waals surface area contributed by atoms with Crippen LogP contribution in [-0.4, -0.2) is 14.5 Å². The molecule has 3 nitrogen and oxygen atoms in total. The first-order chi connectivity index (χ1) is 7.36. The maximum absolute atomic E-state index is 11.8. The molecule has 1 aromatic rings. The molecule has 1 rings (SSSR count). The van der Waals surface area contributed by atoms with Gasteiger partial charge in [-0.3, -0.25) is 0 Å². The van der Waals surface area contributed by atoms with Crippen LogP contribution in [0.25, 0.3) is 0 Å². The molecule has 0 fully saturated rings. The molecule has 1 aromatic carbocycles. The molecule has 0 aliphatic rings. The Morgan fingerprint density at radius 1 is 1.56 bits per heavy atom. The minimum atomic E-state index is -3.59. The van der Waals surface area contributed by atoms with Crippen LogP contribution in [0.5, 0.6) is 0 Å². The van der Waals surface area contributed by atoms with Crippen molar-refractivity contribution in [3.8, 4) is 12.3 Å². The summed E-state index contributed by atoms with van der Waals surface area (Å²) in [5, 5.41) is 0.448. The molecule has 0 aliphatic heterocycles. The third-order valence-corrected chi connectivity index (χ3v) is 4.54. The molecule has 1 N–H and O–H groups in total. The van der Waals surface area contributed by atoms with Crippen molar-refractivity contribution in [3.05, 3.63) is 27.7 Å². The van der Waals surface area contributed by atoms with Crippen molar-refractivity contribution in [1.82, 2.24) is 4.72 Å². The highest BCUT2D eigenvalue weighted by molar-refractivity contribution is 9.10. The van der Waals surface area contributed by atoms with E-state index in [0.29, 0.717) is 9.50 Å². The van der Waals surface area contributed by atoms with Crippen LogP contribution in [0.4, 0.5) is 0 Å². The minimum Gasteiger partial charge on any atom is -0.207 e. The van der Waals surface area contributed by atoms with Crippen molar-refractivity contribution in [3.63, 3.8) is 0 Å². The van der Waals surface area contributed by atoms with Crippen LogP contribution in [-0.2, 0) is 10.0 Å². The molecular formula is C10H9BrClNO2S. The summed E-state index contributed by atoms with van der Waals surface area (Å²) < 4.78 is 26.4. The first-order valence-corrected chi connectivity index (χ1v) is 6.96. The van der Waals surface area contributed by atoms with E-state index in [1.165, 1.54) is 18.2 Å².